The highest BCUT2D eigenvalue weighted by Gasteiger charge is 2.20. The van der Waals surface area contributed by atoms with E-state index in [1.54, 1.807) is 6.20 Å². The largest absolute Gasteiger partial charge is 0.381 e. The van der Waals surface area contributed by atoms with Crippen molar-refractivity contribution in [3.8, 4) is 28.6 Å². The van der Waals surface area contributed by atoms with Crippen molar-refractivity contribution < 1.29 is 4.74 Å². The van der Waals surface area contributed by atoms with Gasteiger partial charge in [0.15, 0.2) is 11.5 Å². The van der Waals surface area contributed by atoms with Gasteiger partial charge in [0.2, 0.25) is 0 Å². The maximum absolute atomic E-state index is 9.78. The number of rotatable bonds is 5. The molecule has 2 aromatic heterocycles. The lowest BCUT2D eigenvalue weighted by molar-refractivity contribution is 0.187. The van der Waals surface area contributed by atoms with Crippen LogP contribution in [0.4, 0.5) is 5.82 Å². The summed E-state index contributed by atoms with van der Waals surface area (Å²) in [5, 5.41) is 21.5. The zero-order valence-corrected chi connectivity index (χ0v) is 17.4. The highest BCUT2D eigenvalue weighted by Crippen LogP contribution is 2.35. The Morgan fingerprint density at radius 3 is 2.77 bits per heavy atom. The number of benzene rings is 2. The number of nitrogens with one attached hydrogen (secondary N) is 2. The van der Waals surface area contributed by atoms with Crippen LogP contribution < -0.4 is 5.32 Å². The van der Waals surface area contributed by atoms with Gasteiger partial charge in [-0.2, -0.15) is 10.4 Å². The fourth-order valence-electron chi connectivity index (χ4n) is 3.77. The molecule has 1 fully saturated rings. The molecule has 7 nitrogen and oxygen atoms in total. The second kappa shape index (κ2) is 8.34. The van der Waals surface area contributed by atoms with E-state index in [0.717, 1.165) is 41.7 Å². The molecule has 1 saturated heterocycles. The third kappa shape index (κ3) is 3.83. The maximum Gasteiger partial charge on any atom is 0.183 e. The van der Waals surface area contributed by atoms with E-state index in [0.29, 0.717) is 34.7 Å². The van der Waals surface area contributed by atoms with E-state index in [1.165, 1.54) is 0 Å². The Bertz CT molecular complexity index is 1270. The molecule has 4 aromatic rings. The molecule has 1 aliphatic rings. The van der Waals surface area contributed by atoms with Gasteiger partial charge < -0.3 is 10.1 Å². The molecule has 2 aromatic carbocycles. The molecule has 0 amide bonds. The number of nitrogens with zero attached hydrogens (tertiary/aromatic N) is 4. The number of hydrogen-bond acceptors (Lipinski definition) is 6. The van der Waals surface area contributed by atoms with Gasteiger partial charge in [0, 0.05) is 35.6 Å². The predicted octanol–water partition coefficient (Wildman–Crippen LogP) is 4.66. The molecule has 0 saturated carbocycles. The lowest BCUT2D eigenvalue weighted by atomic mass is 10.0. The van der Waals surface area contributed by atoms with Gasteiger partial charge >= 0.3 is 0 Å². The molecular weight excluding hydrogens is 412 g/mol. The van der Waals surface area contributed by atoms with Crippen LogP contribution in [-0.2, 0) is 4.74 Å². The zero-order chi connectivity index (χ0) is 21.2. The van der Waals surface area contributed by atoms with E-state index in [9.17, 15) is 5.26 Å². The summed E-state index contributed by atoms with van der Waals surface area (Å²) in [6, 6.07) is 15.8. The van der Waals surface area contributed by atoms with Crippen molar-refractivity contribution in [1.82, 2.24) is 20.2 Å². The Morgan fingerprint density at radius 2 is 2.00 bits per heavy atom. The van der Waals surface area contributed by atoms with E-state index in [2.05, 4.69) is 21.6 Å². The first-order valence-electron chi connectivity index (χ1n) is 10.0. The summed E-state index contributed by atoms with van der Waals surface area (Å²) in [5.74, 6) is 0.878. The lowest BCUT2D eigenvalue weighted by Crippen LogP contribution is -2.16. The SMILES string of the molecule is N#Cc1nc(-c2cc(Cl)c3[nH]ncc3c2)c(-c2ccccc2)nc1NCC1CCOC1. The molecule has 0 spiro atoms. The topological polar surface area (TPSA) is 99.5 Å². The Hall–Kier alpha value is -3.47. The van der Waals surface area contributed by atoms with Crippen LogP contribution in [0.3, 0.4) is 0 Å². The molecule has 1 aliphatic heterocycles. The fraction of sp³-hybridized carbons (Fsp3) is 0.217. The van der Waals surface area contributed by atoms with Crippen molar-refractivity contribution in [3.05, 3.63) is 59.4 Å². The van der Waals surface area contributed by atoms with Crippen LogP contribution in [0.25, 0.3) is 33.4 Å². The number of ether oxygens (including phenoxy) is 1. The van der Waals surface area contributed by atoms with Gasteiger partial charge in [0.05, 0.1) is 34.7 Å². The van der Waals surface area contributed by atoms with Gasteiger partial charge in [-0.25, -0.2) is 9.97 Å². The number of halogens is 1. The second-order valence-corrected chi connectivity index (χ2v) is 7.91. The maximum atomic E-state index is 9.78. The Balaban J connectivity index is 1.64. The van der Waals surface area contributed by atoms with Gasteiger partial charge in [-0.15, -0.1) is 0 Å². The zero-order valence-electron chi connectivity index (χ0n) is 16.6. The molecule has 31 heavy (non-hydrogen) atoms. The van der Waals surface area contributed by atoms with Crippen molar-refractivity contribution in [2.75, 3.05) is 25.1 Å². The Morgan fingerprint density at radius 1 is 1.16 bits per heavy atom. The minimum atomic E-state index is 0.247. The highest BCUT2D eigenvalue weighted by molar-refractivity contribution is 6.35. The van der Waals surface area contributed by atoms with Crippen LogP contribution in [0.2, 0.25) is 5.02 Å². The average Bonchev–Trinajstić information content (AvgIpc) is 3.50. The van der Waals surface area contributed by atoms with Crippen molar-refractivity contribution in [3.63, 3.8) is 0 Å². The van der Waals surface area contributed by atoms with E-state index in [4.69, 9.17) is 26.3 Å². The van der Waals surface area contributed by atoms with E-state index in [1.807, 2.05) is 42.5 Å². The molecule has 8 heteroatoms. The summed E-state index contributed by atoms with van der Waals surface area (Å²) in [6.07, 6.45) is 2.71. The molecule has 0 radical (unpaired) electrons. The third-order valence-electron chi connectivity index (χ3n) is 5.41. The number of aromatic amines is 1. The number of aromatic nitrogens is 4. The Kier molecular flexibility index (Phi) is 5.24. The summed E-state index contributed by atoms with van der Waals surface area (Å²) in [4.78, 5) is 9.55. The minimum absolute atomic E-state index is 0.247. The minimum Gasteiger partial charge on any atom is -0.381 e. The summed E-state index contributed by atoms with van der Waals surface area (Å²) in [5.41, 5.74) is 3.98. The van der Waals surface area contributed by atoms with Gasteiger partial charge in [-0.05, 0) is 18.6 Å². The summed E-state index contributed by atoms with van der Waals surface area (Å²) in [7, 11) is 0. The number of anilines is 1. The van der Waals surface area contributed by atoms with E-state index in [-0.39, 0.29) is 5.69 Å². The van der Waals surface area contributed by atoms with Gasteiger partial charge in [-0.1, -0.05) is 41.9 Å². The monoisotopic (exact) mass is 430 g/mol. The van der Waals surface area contributed by atoms with Crippen LogP contribution in [0, 0.1) is 17.2 Å². The first kappa shape index (κ1) is 19.5. The number of H-pyrrole nitrogens is 1. The second-order valence-electron chi connectivity index (χ2n) is 7.50. The molecular formula is C23H19ClN6O. The average molecular weight is 431 g/mol. The molecule has 154 valence electrons. The molecule has 2 N–H and O–H groups in total. The lowest BCUT2D eigenvalue weighted by Gasteiger charge is -2.15. The molecule has 3 heterocycles. The normalized spacial score (nSPS) is 15.8. The summed E-state index contributed by atoms with van der Waals surface area (Å²) < 4.78 is 5.45. The third-order valence-corrected chi connectivity index (χ3v) is 5.70. The smallest absolute Gasteiger partial charge is 0.183 e. The quantitative estimate of drug-likeness (QED) is 0.477. The highest BCUT2D eigenvalue weighted by atomic mass is 35.5. The predicted molar refractivity (Wildman–Crippen MR) is 120 cm³/mol. The first-order valence-corrected chi connectivity index (χ1v) is 10.4. The fourth-order valence-corrected chi connectivity index (χ4v) is 4.04. The Labute approximate surface area is 184 Å². The van der Waals surface area contributed by atoms with E-state index >= 15 is 0 Å². The van der Waals surface area contributed by atoms with Crippen LogP contribution in [0.15, 0.2) is 48.7 Å². The van der Waals surface area contributed by atoms with E-state index < -0.39 is 0 Å². The number of fused-ring (bicyclic) bond motifs is 1. The van der Waals surface area contributed by atoms with Crippen molar-refractivity contribution in [1.29, 1.82) is 5.26 Å². The van der Waals surface area contributed by atoms with Crippen LogP contribution in [0.5, 0.6) is 0 Å². The molecule has 1 unspecified atom stereocenters. The summed E-state index contributed by atoms with van der Waals surface area (Å²) >= 11 is 6.47. The summed E-state index contributed by atoms with van der Waals surface area (Å²) in [6.45, 7) is 2.17. The van der Waals surface area contributed by atoms with Gasteiger partial charge in [0.25, 0.3) is 0 Å². The van der Waals surface area contributed by atoms with Crippen molar-refractivity contribution in [2.45, 2.75) is 6.42 Å². The van der Waals surface area contributed by atoms with Crippen molar-refractivity contribution >= 4 is 28.3 Å². The molecule has 5 rings (SSSR count). The van der Waals surface area contributed by atoms with Crippen LogP contribution in [-0.4, -0.2) is 39.9 Å². The first-order chi connectivity index (χ1) is 15.2. The van der Waals surface area contributed by atoms with Crippen LogP contribution in [0.1, 0.15) is 12.1 Å². The number of hydrogen-bond donors (Lipinski definition) is 2. The molecule has 1 atom stereocenters. The van der Waals surface area contributed by atoms with Gasteiger partial charge in [0.1, 0.15) is 6.07 Å². The van der Waals surface area contributed by atoms with Crippen molar-refractivity contribution in [2.24, 2.45) is 5.92 Å². The molecule has 0 aliphatic carbocycles. The molecule has 0 bridgehead atoms. The standard InChI is InChI=1S/C23H19ClN6O/c24-18-9-16(8-17-12-27-30-20(17)18)22-21(15-4-2-1-3-5-15)29-23(19(10-25)28-22)26-11-14-6-7-31-13-14/h1-5,8-9,12,14H,6-7,11,13H2,(H,26,29)(H,27,30). The van der Waals surface area contributed by atoms with Crippen LogP contribution >= 0.6 is 11.6 Å². The number of nitriles is 1. The van der Waals surface area contributed by atoms with Gasteiger partial charge in [-0.3, -0.25) is 5.10 Å².